The molecule has 1 aromatic carbocycles. The molecule has 1 aromatic heterocycles. The summed E-state index contributed by atoms with van der Waals surface area (Å²) in [5.41, 5.74) is 5.31. The van der Waals surface area contributed by atoms with Gasteiger partial charge >= 0.3 is 0 Å². The summed E-state index contributed by atoms with van der Waals surface area (Å²) < 4.78 is 1.99. The summed E-state index contributed by atoms with van der Waals surface area (Å²) in [5.74, 6) is 0.0901. The van der Waals surface area contributed by atoms with Crippen molar-refractivity contribution >= 4 is 5.91 Å². The van der Waals surface area contributed by atoms with Crippen molar-refractivity contribution in [1.29, 1.82) is 0 Å². The number of aryl methyl sites for hydroxylation is 1. The molecule has 1 aliphatic carbocycles. The fourth-order valence-corrected chi connectivity index (χ4v) is 3.78. The Morgan fingerprint density at radius 3 is 2.79 bits per heavy atom. The van der Waals surface area contributed by atoms with Crippen molar-refractivity contribution in [3.63, 3.8) is 0 Å². The first-order chi connectivity index (χ1) is 11.6. The van der Waals surface area contributed by atoms with Crippen molar-refractivity contribution in [1.82, 2.24) is 20.0 Å². The topological polar surface area (TPSA) is 50.2 Å². The maximum Gasteiger partial charge on any atom is 0.274 e. The molecule has 0 radical (unpaired) electrons. The Hall–Kier alpha value is -2.14. The van der Waals surface area contributed by atoms with Crippen LogP contribution >= 0.6 is 0 Å². The summed E-state index contributed by atoms with van der Waals surface area (Å²) in [6, 6.07) is 8.70. The van der Waals surface area contributed by atoms with E-state index in [9.17, 15) is 4.79 Å². The molecule has 1 N–H and O–H groups in total. The second-order valence-corrected chi connectivity index (χ2v) is 6.98. The molecule has 2 heterocycles. The van der Waals surface area contributed by atoms with Crippen molar-refractivity contribution in [3.8, 4) is 5.69 Å². The van der Waals surface area contributed by atoms with Crippen LogP contribution < -0.4 is 5.32 Å². The lowest BCUT2D eigenvalue weighted by Gasteiger charge is -2.31. The molecule has 4 rings (SSSR count). The molecular formula is C19H24N4O. The number of rotatable bonds is 2. The summed E-state index contributed by atoms with van der Waals surface area (Å²) in [6.07, 6.45) is 3.07. The summed E-state index contributed by atoms with van der Waals surface area (Å²) in [4.78, 5) is 15.0. The van der Waals surface area contributed by atoms with Crippen LogP contribution in [-0.2, 0) is 12.8 Å². The largest absolute Gasteiger partial charge is 0.334 e. The number of carbonyl (C=O) groups excluding carboxylic acids is 1. The highest BCUT2D eigenvalue weighted by Crippen LogP contribution is 2.28. The quantitative estimate of drug-likeness (QED) is 0.920. The second-order valence-electron chi connectivity index (χ2n) is 6.98. The molecule has 0 bridgehead atoms. The highest BCUT2D eigenvalue weighted by Gasteiger charge is 2.30. The van der Waals surface area contributed by atoms with E-state index < -0.39 is 0 Å². The Morgan fingerprint density at radius 2 is 2.04 bits per heavy atom. The smallest absolute Gasteiger partial charge is 0.274 e. The van der Waals surface area contributed by atoms with Gasteiger partial charge in [-0.1, -0.05) is 17.7 Å². The third-order valence-corrected chi connectivity index (χ3v) is 5.07. The first kappa shape index (κ1) is 15.4. The molecule has 1 amide bonds. The van der Waals surface area contributed by atoms with Gasteiger partial charge in [0, 0.05) is 36.9 Å². The molecule has 1 unspecified atom stereocenters. The Balaban J connectivity index is 1.70. The second kappa shape index (κ2) is 6.06. The summed E-state index contributed by atoms with van der Waals surface area (Å²) >= 11 is 0. The van der Waals surface area contributed by atoms with Gasteiger partial charge in [0.15, 0.2) is 5.69 Å². The molecule has 2 aliphatic rings. The van der Waals surface area contributed by atoms with Crippen molar-refractivity contribution in [2.24, 2.45) is 0 Å². The zero-order chi connectivity index (χ0) is 16.7. The van der Waals surface area contributed by atoms with E-state index in [1.54, 1.807) is 0 Å². The number of hydrogen-bond acceptors (Lipinski definition) is 3. The van der Waals surface area contributed by atoms with Gasteiger partial charge in [-0.3, -0.25) is 4.79 Å². The van der Waals surface area contributed by atoms with Gasteiger partial charge in [0.05, 0.1) is 5.69 Å². The summed E-state index contributed by atoms with van der Waals surface area (Å²) in [5, 5.41) is 8.12. The zero-order valence-electron chi connectivity index (χ0n) is 14.4. The molecule has 1 atom stereocenters. The third-order valence-electron chi connectivity index (χ3n) is 5.07. The van der Waals surface area contributed by atoms with Crippen LogP contribution in [0.4, 0.5) is 0 Å². The molecular weight excluding hydrogens is 300 g/mol. The van der Waals surface area contributed by atoms with Crippen LogP contribution in [0.5, 0.6) is 0 Å². The van der Waals surface area contributed by atoms with Crippen LogP contribution in [0.3, 0.4) is 0 Å². The first-order valence-electron chi connectivity index (χ1n) is 8.84. The van der Waals surface area contributed by atoms with Crippen LogP contribution in [0, 0.1) is 6.92 Å². The van der Waals surface area contributed by atoms with Crippen LogP contribution in [0.1, 0.15) is 40.7 Å². The van der Waals surface area contributed by atoms with Crippen molar-refractivity contribution in [3.05, 3.63) is 46.8 Å². The fourth-order valence-electron chi connectivity index (χ4n) is 3.78. The SMILES string of the molecule is Cc1ccc(-n2nc(C(=O)N3CCNC(C)C3)c3c2CCC3)cc1. The number of benzene rings is 1. The Morgan fingerprint density at radius 1 is 1.25 bits per heavy atom. The van der Waals surface area contributed by atoms with Gasteiger partial charge in [0.25, 0.3) is 5.91 Å². The van der Waals surface area contributed by atoms with E-state index in [1.165, 1.54) is 11.3 Å². The maximum absolute atomic E-state index is 13.0. The normalized spacial score (nSPS) is 20.2. The lowest BCUT2D eigenvalue weighted by molar-refractivity contribution is 0.0701. The van der Waals surface area contributed by atoms with E-state index in [1.807, 2.05) is 9.58 Å². The van der Waals surface area contributed by atoms with Crippen LogP contribution in [0.15, 0.2) is 24.3 Å². The summed E-state index contributed by atoms with van der Waals surface area (Å²) in [7, 11) is 0. The molecule has 24 heavy (non-hydrogen) atoms. The highest BCUT2D eigenvalue weighted by molar-refractivity contribution is 5.94. The number of nitrogens with zero attached hydrogens (tertiary/aromatic N) is 3. The van der Waals surface area contributed by atoms with Crippen LogP contribution in [0.2, 0.25) is 0 Å². The number of nitrogens with one attached hydrogen (secondary N) is 1. The van der Waals surface area contributed by atoms with Crippen molar-refractivity contribution < 1.29 is 4.79 Å². The Bertz CT molecular complexity index is 762. The van der Waals surface area contributed by atoms with E-state index in [2.05, 4.69) is 43.4 Å². The number of amides is 1. The lowest BCUT2D eigenvalue weighted by atomic mass is 10.1. The van der Waals surface area contributed by atoms with E-state index >= 15 is 0 Å². The minimum absolute atomic E-state index is 0.0901. The molecule has 5 heteroatoms. The van der Waals surface area contributed by atoms with Gasteiger partial charge < -0.3 is 10.2 Å². The van der Waals surface area contributed by atoms with Gasteiger partial charge in [-0.05, 0) is 45.2 Å². The van der Waals surface area contributed by atoms with Crippen LogP contribution in [0.25, 0.3) is 5.69 Å². The highest BCUT2D eigenvalue weighted by atomic mass is 16.2. The third kappa shape index (κ3) is 2.63. The molecule has 1 fully saturated rings. The van der Waals surface area contributed by atoms with Crippen molar-refractivity contribution in [2.45, 2.75) is 39.2 Å². The molecule has 126 valence electrons. The number of fused-ring (bicyclic) bond motifs is 1. The molecule has 1 aliphatic heterocycles. The van der Waals surface area contributed by atoms with Gasteiger partial charge in [-0.2, -0.15) is 5.10 Å². The lowest BCUT2D eigenvalue weighted by Crippen LogP contribution is -2.51. The average Bonchev–Trinajstić information content (AvgIpc) is 3.17. The Labute approximate surface area is 142 Å². The Kier molecular flexibility index (Phi) is 3.88. The molecule has 1 saturated heterocycles. The van der Waals surface area contributed by atoms with Gasteiger partial charge in [0.1, 0.15) is 0 Å². The molecule has 0 saturated carbocycles. The standard InChI is InChI=1S/C19H24N4O/c1-13-6-8-15(9-7-13)23-17-5-3-4-16(17)18(21-23)19(24)22-11-10-20-14(2)12-22/h6-9,14,20H,3-5,10-12H2,1-2H3. The average molecular weight is 324 g/mol. The van der Waals surface area contributed by atoms with Gasteiger partial charge in [0.2, 0.25) is 0 Å². The fraction of sp³-hybridized carbons (Fsp3) is 0.474. The minimum Gasteiger partial charge on any atom is -0.334 e. The predicted octanol–water partition coefficient (Wildman–Crippen LogP) is 2.10. The van der Waals surface area contributed by atoms with Crippen LogP contribution in [-0.4, -0.2) is 46.3 Å². The minimum atomic E-state index is 0.0901. The van der Waals surface area contributed by atoms with Gasteiger partial charge in [-0.15, -0.1) is 0 Å². The molecule has 0 spiro atoms. The van der Waals surface area contributed by atoms with Gasteiger partial charge in [-0.25, -0.2) is 4.68 Å². The van der Waals surface area contributed by atoms with E-state index in [-0.39, 0.29) is 5.91 Å². The molecule has 5 nitrogen and oxygen atoms in total. The number of hydrogen-bond donors (Lipinski definition) is 1. The maximum atomic E-state index is 13.0. The van der Waals surface area contributed by atoms with E-state index in [0.29, 0.717) is 11.7 Å². The zero-order valence-corrected chi connectivity index (χ0v) is 14.4. The predicted molar refractivity (Wildman–Crippen MR) is 93.7 cm³/mol. The molecule has 2 aromatic rings. The number of carbonyl (C=O) groups is 1. The van der Waals surface area contributed by atoms with E-state index in [0.717, 1.165) is 50.1 Å². The summed E-state index contributed by atoms with van der Waals surface area (Å²) in [6.45, 7) is 6.57. The van der Waals surface area contributed by atoms with Crippen molar-refractivity contribution in [2.75, 3.05) is 19.6 Å². The number of piperazine rings is 1. The first-order valence-corrected chi connectivity index (χ1v) is 8.84. The monoisotopic (exact) mass is 324 g/mol. The number of aromatic nitrogens is 2. The van der Waals surface area contributed by atoms with E-state index in [4.69, 9.17) is 5.10 Å².